The first-order valence-corrected chi connectivity index (χ1v) is 7.07. The molecule has 0 aromatic heterocycles. The van der Waals surface area contributed by atoms with Gasteiger partial charge in [0.2, 0.25) is 0 Å². The first kappa shape index (κ1) is 13.4. The summed E-state index contributed by atoms with van der Waals surface area (Å²) in [5, 5.41) is 1.11. The number of alkyl halides is 1. The van der Waals surface area contributed by atoms with Crippen molar-refractivity contribution >= 4 is 15.9 Å². The third-order valence-corrected chi connectivity index (χ3v) is 3.45. The number of ether oxygens (including phenoxy) is 1. The van der Waals surface area contributed by atoms with Crippen LogP contribution in [0.15, 0.2) is 0 Å². The van der Waals surface area contributed by atoms with Crippen molar-refractivity contribution in [2.24, 2.45) is 0 Å². The number of hydrogen-bond acceptors (Lipinski definition) is 3. The molecule has 1 aliphatic rings. The quantitative estimate of drug-likeness (QED) is 0.656. The number of hydrogen-bond donors (Lipinski definition) is 0. The molecule has 1 aliphatic heterocycles. The SMILES string of the molecule is CCN(CCCBr)CCN1CCOCC1. The van der Waals surface area contributed by atoms with E-state index in [1.165, 1.54) is 26.1 Å². The fourth-order valence-electron chi connectivity index (χ4n) is 1.82. The van der Waals surface area contributed by atoms with Crippen molar-refractivity contribution in [2.75, 3.05) is 57.8 Å². The van der Waals surface area contributed by atoms with Crippen LogP contribution in [0.2, 0.25) is 0 Å². The molecular formula is C11H23BrN2O. The molecule has 0 atom stereocenters. The zero-order chi connectivity index (χ0) is 10.9. The standard InChI is InChI=1S/C11H23BrN2O/c1-2-13(5-3-4-12)6-7-14-8-10-15-11-9-14/h2-11H2,1H3. The van der Waals surface area contributed by atoms with Crippen molar-refractivity contribution in [3.05, 3.63) is 0 Å². The molecule has 0 radical (unpaired) electrons. The van der Waals surface area contributed by atoms with Gasteiger partial charge in [-0.1, -0.05) is 22.9 Å². The molecular weight excluding hydrogens is 256 g/mol. The molecule has 1 fully saturated rings. The number of likely N-dealkylation sites (N-methyl/N-ethyl adjacent to an activating group) is 1. The van der Waals surface area contributed by atoms with Crippen LogP contribution in [-0.2, 0) is 4.74 Å². The van der Waals surface area contributed by atoms with Crippen molar-refractivity contribution in [3.63, 3.8) is 0 Å². The van der Waals surface area contributed by atoms with E-state index in [1.54, 1.807) is 0 Å². The number of rotatable bonds is 7. The second kappa shape index (κ2) is 8.50. The van der Waals surface area contributed by atoms with Gasteiger partial charge in [0.05, 0.1) is 13.2 Å². The predicted molar refractivity (Wildman–Crippen MR) is 67.8 cm³/mol. The lowest BCUT2D eigenvalue weighted by molar-refractivity contribution is 0.0336. The highest BCUT2D eigenvalue weighted by Crippen LogP contribution is 1.99. The lowest BCUT2D eigenvalue weighted by Crippen LogP contribution is -2.41. The van der Waals surface area contributed by atoms with E-state index in [4.69, 9.17) is 4.74 Å². The van der Waals surface area contributed by atoms with Crippen molar-refractivity contribution < 1.29 is 4.74 Å². The summed E-state index contributed by atoms with van der Waals surface area (Å²) in [5.41, 5.74) is 0. The molecule has 0 aromatic carbocycles. The van der Waals surface area contributed by atoms with E-state index in [2.05, 4.69) is 32.7 Å². The Kier molecular flexibility index (Phi) is 7.61. The van der Waals surface area contributed by atoms with Gasteiger partial charge in [0.1, 0.15) is 0 Å². The fourth-order valence-corrected chi connectivity index (χ4v) is 2.07. The van der Waals surface area contributed by atoms with Crippen molar-refractivity contribution in [1.29, 1.82) is 0 Å². The molecule has 90 valence electrons. The number of nitrogens with zero attached hydrogens (tertiary/aromatic N) is 2. The van der Waals surface area contributed by atoms with E-state index in [-0.39, 0.29) is 0 Å². The lowest BCUT2D eigenvalue weighted by Gasteiger charge is -2.29. The van der Waals surface area contributed by atoms with Crippen molar-refractivity contribution in [1.82, 2.24) is 9.80 Å². The second-order valence-corrected chi connectivity index (χ2v) is 4.72. The smallest absolute Gasteiger partial charge is 0.0594 e. The van der Waals surface area contributed by atoms with Gasteiger partial charge in [0, 0.05) is 31.5 Å². The zero-order valence-corrected chi connectivity index (χ0v) is 11.3. The molecule has 1 heterocycles. The van der Waals surface area contributed by atoms with Gasteiger partial charge in [-0.05, 0) is 19.5 Å². The average molecular weight is 279 g/mol. The molecule has 0 bridgehead atoms. The van der Waals surface area contributed by atoms with Gasteiger partial charge >= 0.3 is 0 Å². The third kappa shape index (κ3) is 5.85. The molecule has 1 rings (SSSR count). The summed E-state index contributed by atoms with van der Waals surface area (Å²) in [7, 11) is 0. The molecule has 0 amide bonds. The Hall–Kier alpha value is 0.360. The minimum absolute atomic E-state index is 0.910. The van der Waals surface area contributed by atoms with Crippen LogP contribution in [0.5, 0.6) is 0 Å². The van der Waals surface area contributed by atoms with Crippen LogP contribution in [0.3, 0.4) is 0 Å². The van der Waals surface area contributed by atoms with Crippen LogP contribution in [0.25, 0.3) is 0 Å². The number of morpholine rings is 1. The van der Waals surface area contributed by atoms with Crippen molar-refractivity contribution in [2.45, 2.75) is 13.3 Å². The minimum Gasteiger partial charge on any atom is -0.379 e. The molecule has 0 spiro atoms. The molecule has 0 aliphatic carbocycles. The van der Waals surface area contributed by atoms with Gasteiger partial charge in [0.25, 0.3) is 0 Å². The highest BCUT2D eigenvalue weighted by atomic mass is 79.9. The summed E-state index contributed by atoms with van der Waals surface area (Å²) in [6, 6.07) is 0. The second-order valence-electron chi connectivity index (χ2n) is 3.93. The Labute approximate surface area is 102 Å². The van der Waals surface area contributed by atoms with Gasteiger partial charge in [-0.25, -0.2) is 0 Å². The predicted octanol–water partition coefficient (Wildman–Crippen LogP) is 1.43. The fraction of sp³-hybridized carbons (Fsp3) is 1.00. The summed E-state index contributed by atoms with van der Waals surface area (Å²) < 4.78 is 5.34. The maximum atomic E-state index is 5.34. The molecule has 1 saturated heterocycles. The third-order valence-electron chi connectivity index (χ3n) is 2.89. The average Bonchev–Trinajstić information content (AvgIpc) is 2.31. The largest absolute Gasteiger partial charge is 0.379 e. The molecule has 3 nitrogen and oxygen atoms in total. The summed E-state index contributed by atoms with van der Waals surface area (Å²) in [4.78, 5) is 5.02. The Morgan fingerprint density at radius 3 is 2.60 bits per heavy atom. The van der Waals surface area contributed by atoms with Crippen LogP contribution in [0.1, 0.15) is 13.3 Å². The number of halogens is 1. The Morgan fingerprint density at radius 2 is 2.00 bits per heavy atom. The molecule has 15 heavy (non-hydrogen) atoms. The monoisotopic (exact) mass is 278 g/mol. The molecule has 0 aromatic rings. The van der Waals surface area contributed by atoms with Crippen LogP contribution >= 0.6 is 15.9 Å². The lowest BCUT2D eigenvalue weighted by atomic mass is 10.3. The van der Waals surface area contributed by atoms with E-state index < -0.39 is 0 Å². The Morgan fingerprint density at radius 1 is 1.27 bits per heavy atom. The van der Waals surface area contributed by atoms with E-state index in [0.29, 0.717) is 0 Å². The maximum Gasteiger partial charge on any atom is 0.0594 e. The molecule has 0 saturated carbocycles. The topological polar surface area (TPSA) is 15.7 Å². The summed E-state index contributed by atoms with van der Waals surface area (Å²) in [6.45, 7) is 11.0. The summed E-state index contributed by atoms with van der Waals surface area (Å²) in [5.74, 6) is 0. The normalized spacial score (nSPS) is 18.6. The summed E-state index contributed by atoms with van der Waals surface area (Å²) >= 11 is 3.48. The highest BCUT2D eigenvalue weighted by molar-refractivity contribution is 9.09. The Bertz CT molecular complexity index is 152. The first-order valence-electron chi connectivity index (χ1n) is 5.95. The van der Waals surface area contributed by atoms with Gasteiger partial charge in [-0.3, -0.25) is 4.90 Å². The zero-order valence-electron chi connectivity index (χ0n) is 9.75. The van der Waals surface area contributed by atoms with E-state index in [9.17, 15) is 0 Å². The van der Waals surface area contributed by atoms with E-state index in [0.717, 1.165) is 38.2 Å². The van der Waals surface area contributed by atoms with E-state index >= 15 is 0 Å². The van der Waals surface area contributed by atoms with E-state index in [1.807, 2.05) is 0 Å². The van der Waals surface area contributed by atoms with Gasteiger partial charge in [-0.15, -0.1) is 0 Å². The molecule has 0 unspecified atom stereocenters. The Balaban J connectivity index is 2.09. The maximum absolute atomic E-state index is 5.34. The van der Waals surface area contributed by atoms with Gasteiger partial charge in [-0.2, -0.15) is 0 Å². The minimum atomic E-state index is 0.910. The first-order chi connectivity index (χ1) is 7.36. The van der Waals surface area contributed by atoms with Crippen LogP contribution < -0.4 is 0 Å². The summed E-state index contributed by atoms with van der Waals surface area (Å²) in [6.07, 6.45) is 1.25. The van der Waals surface area contributed by atoms with Gasteiger partial charge in [0.15, 0.2) is 0 Å². The van der Waals surface area contributed by atoms with Crippen LogP contribution in [-0.4, -0.2) is 67.6 Å². The molecule has 4 heteroatoms. The highest BCUT2D eigenvalue weighted by Gasteiger charge is 2.11. The van der Waals surface area contributed by atoms with Crippen molar-refractivity contribution in [3.8, 4) is 0 Å². The van der Waals surface area contributed by atoms with Crippen LogP contribution in [0.4, 0.5) is 0 Å². The van der Waals surface area contributed by atoms with Gasteiger partial charge < -0.3 is 9.64 Å². The van der Waals surface area contributed by atoms with Crippen LogP contribution in [0, 0.1) is 0 Å². The molecule has 0 N–H and O–H groups in total.